The lowest BCUT2D eigenvalue weighted by Crippen LogP contribution is -2.16. The second kappa shape index (κ2) is 3.77. The van der Waals surface area contributed by atoms with Gasteiger partial charge >= 0.3 is 0 Å². The third-order valence-electron chi connectivity index (χ3n) is 2.16. The molecule has 0 fully saturated rings. The van der Waals surface area contributed by atoms with Gasteiger partial charge in [0.05, 0.1) is 13.1 Å². The van der Waals surface area contributed by atoms with Crippen molar-refractivity contribution in [2.45, 2.75) is 13.3 Å². The van der Waals surface area contributed by atoms with E-state index in [1.54, 1.807) is 0 Å². The van der Waals surface area contributed by atoms with E-state index in [4.69, 9.17) is 9.47 Å². The normalized spacial score (nSPS) is 23.2. The fourth-order valence-electron chi connectivity index (χ4n) is 1.50. The number of ether oxygens (including phenoxy) is 2. The summed E-state index contributed by atoms with van der Waals surface area (Å²) >= 11 is 0. The van der Waals surface area contributed by atoms with Crippen molar-refractivity contribution in [2.75, 3.05) is 26.3 Å². The van der Waals surface area contributed by atoms with Gasteiger partial charge in [-0.05, 0) is 0 Å². The molecule has 4 heteroatoms. The predicted molar refractivity (Wildman–Crippen MR) is 50.3 cm³/mol. The molecule has 4 nitrogen and oxygen atoms in total. The minimum absolute atomic E-state index is 0.305. The fraction of sp³-hybridized carbons (Fsp3) is 0.778. The maximum Gasteiger partial charge on any atom is 0.186 e. The average Bonchev–Trinajstić information content (AvgIpc) is 2.74. The molecule has 0 aliphatic carbocycles. The Morgan fingerprint density at radius 1 is 1.23 bits per heavy atom. The molecule has 1 unspecified atom stereocenters. The van der Waals surface area contributed by atoms with Crippen LogP contribution in [0.2, 0.25) is 0 Å². The zero-order chi connectivity index (χ0) is 9.10. The molecule has 0 N–H and O–H groups in total. The Bertz CT molecular complexity index is 248. The van der Waals surface area contributed by atoms with Crippen molar-refractivity contribution >= 4 is 11.8 Å². The largest absolute Gasteiger partial charge is 0.479 e. The zero-order valence-electron chi connectivity index (χ0n) is 7.82. The molecule has 0 radical (unpaired) electrons. The van der Waals surface area contributed by atoms with Crippen molar-refractivity contribution < 1.29 is 9.47 Å². The van der Waals surface area contributed by atoms with Crippen molar-refractivity contribution in [1.82, 2.24) is 0 Å². The SMILES string of the molecule is CC(CC1=NCCO1)C1=NCCO1. The minimum atomic E-state index is 0.305. The summed E-state index contributed by atoms with van der Waals surface area (Å²) in [4.78, 5) is 8.49. The lowest BCUT2D eigenvalue weighted by Gasteiger charge is -2.10. The second-order valence-corrected chi connectivity index (χ2v) is 3.30. The highest BCUT2D eigenvalue weighted by Crippen LogP contribution is 2.13. The van der Waals surface area contributed by atoms with Crippen molar-refractivity contribution in [3.05, 3.63) is 0 Å². The molecule has 2 aliphatic heterocycles. The molecule has 2 aliphatic rings. The van der Waals surface area contributed by atoms with E-state index in [0.717, 1.165) is 44.5 Å². The van der Waals surface area contributed by atoms with Gasteiger partial charge < -0.3 is 9.47 Å². The molecule has 0 spiro atoms. The van der Waals surface area contributed by atoms with Crippen LogP contribution in [0.15, 0.2) is 9.98 Å². The van der Waals surface area contributed by atoms with Crippen LogP contribution < -0.4 is 0 Å². The van der Waals surface area contributed by atoms with Gasteiger partial charge in [0, 0.05) is 12.3 Å². The standard InChI is InChI=1S/C9H14N2O2/c1-7(9-11-3-5-13-9)6-8-10-2-4-12-8/h7H,2-6H2,1H3. The monoisotopic (exact) mass is 182 g/mol. The summed E-state index contributed by atoms with van der Waals surface area (Å²) in [5.41, 5.74) is 0. The summed E-state index contributed by atoms with van der Waals surface area (Å²) in [5.74, 6) is 2.02. The van der Waals surface area contributed by atoms with Crippen LogP contribution in [-0.2, 0) is 9.47 Å². The molecule has 72 valence electrons. The number of hydrogen-bond donors (Lipinski definition) is 0. The summed E-state index contributed by atoms with van der Waals surface area (Å²) in [6.07, 6.45) is 0.818. The Morgan fingerprint density at radius 3 is 2.62 bits per heavy atom. The van der Waals surface area contributed by atoms with E-state index in [0.29, 0.717) is 5.92 Å². The molecule has 0 saturated heterocycles. The maximum absolute atomic E-state index is 5.36. The molecular formula is C9H14N2O2. The lowest BCUT2D eigenvalue weighted by atomic mass is 10.1. The molecule has 0 amide bonds. The van der Waals surface area contributed by atoms with E-state index in [1.807, 2.05) is 0 Å². The van der Waals surface area contributed by atoms with Crippen LogP contribution in [0.3, 0.4) is 0 Å². The quantitative estimate of drug-likeness (QED) is 0.650. The van der Waals surface area contributed by atoms with E-state index in [9.17, 15) is 0 Å². The van der Waals surface area contributed by atoms with Crippen LogP contribution in [0.4, 0.5) is 0 Å². The van der Waals surface area contributed by atoms with Crippen molar-refractivity contribution in [1.29, 1.82) is 0 Å². The minimum Gasteiger partial charge on any atom is -0.479 e. The van der Waals surface area contributed by atoms with Gasteiger partial charge in [-0.3, -0.25) is 9.98 Å². The van der Waals surface area contributed by atoms with Crippen molar-refractivity contribution in [3.8, 4) is 0 Å². The highest BCUT2D eigenvalue weighted by Gasteiger charge is 2.20. The van der Waals surface area contributed by atoms with Crippen LogP contribution in [0.5, 0.6) is 0 Å². The summed E-state index contributed by atoms with van der Waals surface area (Å²) in [5, 5.41) is 0. The topological polar surface area (TPSA) is 43.2 Å². The van der Waals surface area contributed by atoms with E-state index < -0.39 is 0 Å². The first kappa shape index (κ1) is 8.53. The van der Waals surface area contributed by atoms with Gasteiger partial charge in [0.1, 0.15) is 13.2 Å². The Morgan fingerprint density at radius 2 is 2.00 bits per heavy atom. The Kier molecular flexibility index (Phi) is 2.47. The van der Waals surface area contributed by atoms with Gasteiger partial charge in [0.25, 0.3) is 0 Å². The number of aliphatic imine (C=N–C) groups is 2. The van der Waals surface area contributed by atoms with Crippen LogP contribution in [-0.4, -0.2) is 38.1 Å². The van der Waals surface area contributed by atoms with E-state index in [2.05, 4.69) is 16.9 Å². The summed E-state index contributed by atoms with van der Waals surface area (Å²) < 4.78 is 10.7. The molecule has 0 aromatic heterocycles. The van der Waals surface area contributed by atoms with Crippen molar-refractivity contribution in [3.63, 3.8) is 0 Å². The van der Waals surface area contributed by atoms with Gasteiger partial charge in [-0.25, -0.2) is 0 Å². The molecule has 0 aromatic rings. The van der Waals surface area contributed by atoms with Crippen LogP contribution in [0.25, 0.3) is 0 Å². The summed E-state index contributed by atoms with van der Waals surface area (Å²) in [6.45, 7) is 5.15. The predicted octanol–water partition coefficient (Wildman–Crippen LogP) is 0.870. The Hall–Kier alpha value is -1.06. The van der Waals surface area contributed by atoms with E-state index in [1.165, 1.54) is 0 Å². The second-order valence-electron chi connectivity index (χ2n) is 3.30. The van der Waals surface area contributed by atoms with Crippen molar-refractivity contribution in [2.24, 2.45) is 15.9 Å². The summed E-state index contributed by atoms with van der Waals surface area (Å²) in [7, 11) is 0. The molecule has 2 heterocycles. The third-order valence-corrected chi connectivity index (χ3v) is 2.16. The first-order valence-corrected chi connectivity index (χ1v) is 4.69. The van der Waals surface area contributed by atoms with Gasteiger partial charge in [-0.1, -0.05) is 6.92 Å². The maximum atomic E-state index is 5.36. The first-order valence-electron chi connectivity index (χ1n) is 4.69. The van der Waals surface area contributed by atoms with Gasteiger partial charge in [-0.15, -0.1) is 0 Å². The molecule has 1 atom stereocenters. The van der Waals surface area contributed by atoms with Crippen LogP contribution >= 0.6 is 0 Å². The van der Waals surface area contributed by atoms with Gasteiger partial charge in [-0.2, -0.15) is 0 Å². The van der Waals surface area contributed by atoms with E-state index in [-0.39, 0.29) is 0 Å². The molecule has 0 aromatic carbocycles. The lowest BCUT2D eigenvalue weighted by molar-refractivity contribution is 0.313. The molecule has 0 bridgehead atoms. The number of nitrogens with zero attached hydrogens (tertiary/aromatic N) is 2. The van der Waals surface area contributed by atoms with Crippen LogP contribution in [0.1, 0.15) is 13.3 Å². The smallest absolute Gasteiger partial charge is 0.186 e. The molecule has 13 heavy (non-hydrogen) atoms. The Labute approximate surface area is 77.7 Å². The van der Waals surface area contributed by atoms with E-state index >= 15 is 0 Å². The average molecular weight is 182 g/mol. The number of rotatable bonds is 3. The number of hydrogen-bond acceptors (Lipinski definition) is 4. The van der Waals surface area contributed by atoms with Gasteiger partial charge in [0.15, 0.2) is 11.8 Å². The third kappa shape index (κ3) is 1.99. The highest BCUT2D eigenvalue weighted by atomic mass is 16.5. The molecular weight excluding hydrogens is 168 g/mol. The fourth-order valence-corrected chi connectivity index (χ4v) is 1.50. The zero-order valence-corrected chi connectivity index (χ0v) is 7.82. The highest BCUT2D eigenvalue weighted by molar-refractivity contribution is 5.86. The first-order chi connectivity index (χ1) is 6.36. The van der Waals surface area contributed by atoms with Gasteiger partial charge in [0.2, 0.25) is 0 Å². The molecule has 0 saturated carbocycles. The van der Waals surface area contributed by atoms with Crippen LogP contribution in [0, 0.1) is 5.92 Å². The molecule has 2 rings (SSSR count). The Balaban J connectivity index is 1.86. The summed E-state index contributed by atoms with van der Waals surface area (Å²) in [6, 6.07) is 0.